The number of aromatic nitrogens is 5. The van der Waals surface area contributed by atoms with Crippen LogP contribution in [0.3, 0.4) is 0 Å². The molecule has 0 spiro atoms. The highest BCUT2D eigenvalue weighted by molar-refractivity contribution is 5.95. The van der Waals surface area contributed by atoms with Gasteiger partial charge in [0.2, 0.25) is 11.9 Å². The van der Waals surface area contributed by atoms with Crippen LogP contribution in [-0.4, -0.2) is 24.5 Å². The predicted molar refractivity (Wildman–Crippen MR) is 184 cm³/mol. The van der Waals surface area contributed by atoms with Crippen LogP contribution in [0.1, 0.15) is 0 Å². The Morgan fingerprint density at radius 3 is 1.74 bits per heavy atom. The number of para-hydroxylation sites is 4. The second-order valence-corrected chi connectivity index (χ2v) is 11.2. The third-order valence-electron chi connectivity index (χ3n) is 8.41. The second kappa shape index (κ2) is 10.6. The van der Waals surface area contributed by atoms with Crippen molar-refractivity contribution in [3.05, 3.63) is 158 Å². The van der Waals surface area contributed by atoms with E-state index in [2.05, 4.69) is 119 Å². The number of rotatable bonds is 4. The maximum atomic E-state index is 5.22. The molecule has 0 unspecified atom stereocenters. The van der Waals surface area contributed by atoms with Crippen molar-refractivity contribution < 1.29 is 0 Å². The van der Waals surface area contributed by atoms with Crippen LogP contribution in [0.25, 0.3) is 61.8 Å². The van der Waals surface area contributed by atoms with Gasteiger partial charge in [-0.2, -0.15) is 9.97 Å². The minimum Gasteiger partial charge on any atom is -0.277 e. The van der Waals surface area contributed by atoms with Gasteiger partial charge in [0.1, 0.15) is 0 Å². The van der Waals surface area contributed by atoms with Gasteiger partial charge in [0.05, 0.1) is 22.4 Å². The molecule has 0 amide bonds. The number of benzene rings is 6. The molecule has 8 aromatic rings. The molecule has 0 aliphatic carbocycles. The number of hydrogen-bond acceptors (Lipinski definition) is 5. The van der Waals surface area contributed by atoms with Crippen molar-refractivity contribution in [3.63, 3.8) is 0 Å². The molecule has 6 heteroatoms. The average molecular weight is 591 g/mol. The van der Waals surface area contributed by atoms with Crippen LogP contribution in [0.2, 0.25) is 0 Å². The Hall–Kier alpha value is -6.40. The summed E-state index contributed by atoms with van der Waals surface area (Å²) >= 11 is 0. The van der Waals surface area contributed by atoms with E-state index in [4.69, 9.17) is 19.9 Å². The molecule has 0 atom stereocenters. The highest BCUT2D eigenvalue weighted by Gasteiger charge is 2.31. The van der Waals surface area contributed by atoms with Crippen molar-refractivity contribution in [2.75, 3.05) is 4.90 Å². The molecule has 0 N–H and O–H groups in total. The third kappa shape index (κ3) is 4.27. The van der Waals surface area contributed by atoms with Crippen LogP contribution >= 0.6 is 0 Å². The van der Waals surface area contributed by atoms with E-state index in [9.17, 15) is 0 Å². The number of fused-ring (bicyclic) bond motifs is 7. The van der Waals surface area contributed by atoms with Gasteiger partial charge in [-0.05, 0) is 41.5 Å². The molecular weight excluding hydrogens is 564 g/mol. The lowest BCUT2D eigenvalue weighted by atomic mass is 10.0. The summed E-state index contributed by atoms with van der Waals surface area (Å²) in [6, 6.07) is 53.9. The first kappa shape index (κ1) is 26.0. The number of hydrogen-bond donors (Lipinski definition) is 0. The summed E-state index contributed by atoms with van der Waals surface area (Å²) in [7, 11) is 0. The van der Waals surface area contributed by atoms with Gasteiger partial charge in [-0.15, -0.1) is 0 Å². The predicted octanol–water partition coefficient (Wildman–Crippen LogP) is 9.66. The monoisotopic (exact) mass is 590 g/mol. The van der Waals surface area contributed by atoms with Crippen molar-refractivity contribution in [3.8, 4) is 50.7 Å². The highest BCUT2D eigenvalue weighted by atomic mass is 15.4. The zero-order valence-electron chi connectivity index (χ0n) is 24.7. The molecule has 216 valence electrons. The van der Waals surface area contributed by atoms with Crippen molar-refractivity contribution in [2.24, 2.45) is 0 Å². The fourth-order valence-electron chi connectivity index (χ4n) is 6.28. The molecule has 0 bridgehead atoms. The molecule has 0 radical (unpaired) electrons. The van der Waals surface area contributed by atoms with Gasteiger partial charge in [-0.1, -0.05) is 127 Å². The minimum atomic E-state index is 0.491. The van der Waals surface area contributed by atoms with Crippen molar-refractivity contribution in [1.29, 1.82) is 0 Å². The molecule has 1 aliphatic heterocycles. The first-order valence-electron chi connectivity index (χ1n) is 15.3. The lowest BCUT2D eigenvalue weighted by Gasteiger charge is -2.23. The third-order valence-corrected chi connectivity index (χ3v) is 8.41. The Morgan fingerprint density at radius 2 is 0.957 bits per heavy atom. The minimum absolute atomic E-state index is 0.491. The normalized spacial score (nSPS) is 11.9. The number of nitrogens with zero attached hydrogens (tertiary/aromatic N) is 6. The summed E-state index contributed by atoms with van der Waals surface area (Å²) in [5.74, 6) is 2.38. The summed E-state index contributed by atoms with van der Waals surface area (Å²) in [5, 5.41) is 0. The van der Waals surface area contributed by atoms with Gasteiger partial charge >= 0.3 is 0 Å². The Kier molecular flexibility index (Phi) is 6.03. The summed E-state index contributed by atoms with van der Waals surface area (Å²) in [5.41, 5.74) is 10.1. The smallest absolute Gasteiger partial charge is 0.241 e. The molecule has 0 fully saturated rings. The molecule has 9 rings (SSSR count). The maximum Gasteiger partial charge on any atom is 0.241 e. The Labute approximate surface area is 266 Å². The van der Waals surface area contributed by atoms with E-state index in [1.807, 2.05) is 48.5 Å². The highest BCUT2D eigenvalue weighted by Crippen LogP contribution is 2.47. The molecular formula is C40H26N6. The van der Waals surface area contributed by atoms with Crippen LogP contribution in [-0.2, 0) is 0 Å². The van der Waals surface area contributed by atoms with Gasteiger partial charge in [0, 0.05) is 22.3 Å². The summed E-state index contributed by atoms with van der Waals surface area (Å²) < 4.78 is 2.21. The SMILES string of the molecule is c1ccc(-c2cccc(-c3nc(-c4ccccc4)nc(N4c5ccccc5-c5ccccc5-n5c4nc4ccccc45)n3)c2)cc1. The van der Waals surface area contributed by atoms with E-state index in [-0.39, 0.29) is 0 Å². The lowest BCUT2D eigenvalue weighted by Crippen LogP contribution is -2.18. The maximum absolute atomic E-state index is 5.22. The van der Waals surface area contributed by atoms with Gasteiger partial charge in [-0.25, -0.2) is 14.9 Å². The largest absolute Gasteiger partial charge is 0.277 e. The molecule has 6 aromatic carbocycles. The van der Waals surface area contributed by atoms with Crippen LogP contribution in [0.15, 0.2) is 158 Å². The first-order chi connectivity index (χ1) is 22.8. The van der Waals surface area contributed by atoms with E-state index in [1.54, 1.807) is 0 Å². The second-order valence-electron chi connectivity index (χ2n) is 11.2. The van der Waals surface area contributed by atoms with Gasteiger partial charge in [-0.3, -0.25) is 4.57 Å². The average Bonchev–Trinajstić information content (AvgIpc) is 3.46. The van der Waals surface area contributed by atoms with Crippen LogP contribution in [0.4, 0.5) is 17.6 Å². The zero-order chi connectivity index (χ0) is 30.5. The van der Waals surface area contributed by atoms with Crippen LogP contribution < -0.4 is 4.90 Å². The summed E-state index contributed by atoms with van der Waals surface area (Å²) in [6.45, 7) is 0. The van der Waals surface area contributed by atoms with Gasteiger partial charge in [0.15, 0.2) is 11.6 Å². The molecule has 0 saturated heterocycles. The first-order valence-corrected chi connectivity index (χ1v) is 15.3. The fourth-order valence-corrected chi connectivity index (χ4v) is 6.28. The Balaban J connectivity index is 1.34. The number of imidazole rings is 1. The van der Waals surface area contributed by atoms with Crippen LogP contribution in [0, 0.1) is 0 Å². The molecule has 6 nitrogen and oxygen atoms in total. The van der Waals surface area contributed by atoms with Crippen LogP contribution in [0.5, 0.6) is 0 Å². The van der Waals surface area contributed by atoms with E-state index in [0.29, 0.717) is 23.5 Å². The van der Waals surface area contributed by atoms with E-state index < -0.39 is 0 Å². The standard InChI is InChI=1S/C40H26N6/c1-3-14-27(15-4-1)29-18-13-19-30(26-29)38-42-37(28-16-5-2-6-17-28)43-39(44-38)46-35-24-11-8-21-32(35)31-20-7-10-23-34(31)45-36-25-12-9-22-33(36)41-40(45)46/h1-26H. The van der Waals surface area contributed by atoms with Crippen molar-refractivity contribution >= 4 is 28.6 Å². The topological polar surface area (TPSA) is 59.7 Å². The van der Waals surface area contributed by atoms with Crippen molar-refractivity contribution in [1.82, 2.24) is 24.5 Å². The summed E-state index contributed by atoms with van der Waals surface area (Å²) in [4.78, 5) is 22.7. The van der Waals surface area contributed by atoms with Crippen molar-refractivity contribution in [2.45, 2.75) is 0 Å². The molecule has 46 heavy (non-hydrogen) atoms. The lowest BCUT2D eigenvalue weighted by molar-refractivity contribution is 0.974. The molecule has 0 saturated carbocycles. The quantitative estimate of drug-likeness (QED) is 0.204. The van der Waals surface area contributed by atoms with Gasteiger partial charge in [0.25, 0.3) is 0 Å². The zero-order valence-corrected chi connectivity index (χ0v) is 24.7. The molecule has 1 aliphatic rings. The Bertz CT molecular complexity index is 2380. The molecule has 3 heterocycles. The van der Waals surface area contributed by atoms with E-state index >= 15 is 0 Å². The van der Waals surface area contributed by atoms with E-state index in [1.165, 1.54) is 0 Å². The fraction of sp³-hybridized carbons (Fsp3) is 0. The molecule has 2 aromatic heterocycles. The van der Waals surface area contributed by atoms with E-state index in [0.717, 1.165) is 55.8 Å². The Morgan fingerprint density at radius 1 is 0.391 bits per heavy atom. The number of anilines is 3. The summed E-state index contributed by atoms with van der Waals surface area (Å²) in [6.07, 6.45) is 0. The van der Waals surface area contributed by atoms with Gasteiger partial charge < -0.3 is 0 Å².